The van der Waals surface area contributed by atoms with Crippen LogP contribution in [0.5, 0.6) is 5.75 Å². The summed E-state index contributed by atoms with van der Waals surface area (Å²) in [5.74, 6) is 9.06. The van der Waals surface area contributed by atoms with Crippen LogP contribution in [0, 0.1) is 17.8 Å². The van der Waals surface area contributed by atoms with Crippen LogP contribution in [-0.4, -0.2) is 16.6 Å². The molecule has 2 aromatic rings. The van der Waals surface area contributed by atoms with Gasteiger partial charge in [0.15, 0.2) is 5.75 Å². The quantitative estimate of drug-likeness (QED) is 0.683. The molecule has 0 unspecified atom stereocenters. The zero-order valence-electron chi connectivity index (χ0n) is 15.9. The van der Waals surface area contributed by atoms with E-state index in [1.54, 1.807) is 12.4 Å². The summed E-state index contributed by atoms with van der Waals surface area (Å²) in [6.45, 7) is 5.07. The molecule has 0 radical (unpaired) electrons. The maximum atomic E-state index is 5.48. The van der Waals surface area contributed by atoms with E-state index in [1.807, 2.05) is 0 Å². The Kier molecular flexibility index (Phi) is 6.66. The highest BCUT2D eigenvalue weighted by molar-refractivity contribution is 5.40. The number of ether oxygens (including phenoxy) is 1. The fraction of sp³-hybridized carbons (Fsp3) is 0.478. The van der Waals surface area contributed by atoms with Crippen molar-refractivity contribution in [3.05, 3.63) is 53.6 Å². The summed E-state index contributed by atoms with van der Waals surface area (Å²) in [5.41, 5.74) is 2.46. The van der Waals surface area contributed by atoms with Crippen LogP contribution >= 0.6 is 0 Å². The Balaban J connectivity index is 1.59. The van der Waals surface area contributed by atoms with Crippen molar-refractivity contribution >= 4 is 0 Å². The number of nitrogens with zero attached hydrogens (tertiary/aromatic N) is 2. The van der Waals surface area contributed by atoms with Gasteiger partial charge < -0.3 is 4.74 Å². The molecule has 0 atom stereocenters. The van der Waals surface area contributed by atoms with Gasteiger partial charge in [0.1, 0.15) is 0 Å². The van der Waals surface area contributed by atoms with Crippen LogP contribution in [-0.2, 0) is 0 Å². The molecule has 0 bridgehead atoms. The summed E-state index contributed by atoms with van der Waals surface area (Å²) in [5, 5.41) is 0. The average molecular weight is 348 g/mol. The summed E-state index contributed by atoms with van der Waals surface area (Å²) in [7, 11) is 0. The molecule has 1 aromatic heterocycles. The van der Waals surface area contributed by atoms with Gasteiger partial charge in [0.25, 0.3) is 0 Å². The second-order valence-corrected chi connectivity index (χ2v) is 7.09. The maximum absolute atomic E-state index is 5.48. The van der Waals surface area contributed by atoms with Crippen LogP contribution in [0.4, 0.5) is 0 Å². The fourth-order valence-corrected chi connectivity index (χ4v) is 3.55. The molecule has 3 heteroatoms. The molecule has 26 heavy (non-hydrogen) atoms. The number of aromatic nitrogens is 2. The molecule has 1 aliphatic rings. The predicted octanol–water partition coefficient (Wildman–Crippen LogP) is 5.35. The molecule has 0 saturated heterocycles. The zero-order chi connectivity index (χ0) is 18.2. The van der Waals surface area contributed by atoms with Crippen molar-refractivity contribution in [3.8, 4) is 17.6 Å². The number of rotatable bonds is 5. The highest BCUT2D eigenvalue weighted by atomic mass is 16.5. The lowest BCUT2D eigenvalue weighted by Gasteiger charge is -2.28. The van der Waals surface area contributed by atoms with E-state index in [9.17, 15) is 0 Å². The van der Waals surface area contributed by atoms with Crippen LogP contribution in [0.25, 0.3) is 0 Å². The minimum Gasteiger partial charge on any atom is -0.490 e. The van der Waals surface area contributed by atoms with Crippen molar-refractivity contribution in [1.82, 2.24) is 9.97 Å². The van der Waals surface area contributed by atoms with E-state index < -0.39 is 0 Å². The van der Waals surface area contributed by atoms with Gasteiger partial charge >= 0.3 is 0 Å². The third kappa shape index (κ3) is 5.08. The molecule has 1 aromatic carbocycles. The SMILES string of the molecule is CCCOc1cnc(C#Cc2ccc([C@H]3CC[C@H](CC)CC3)cc2)nc1. The largest absolute Gasteiger partial charge is 0.490 e. The Hall–Kier alpha value is -2.34. The van der Waals surface area contributed by atoms with Gasteiger partial charge in [0.2, 0.25) is 5.82 Å². The second-order valence-electron chi connectivity index (χ2n) is 7.09. The smallest absolute Gasteiger partial charge is 0.205 e. The molecule has 0 aliphatic heterocycles. The summed E-state index contributed by atoms with van der Waals surface area (Å²) < 4.78 is 5.48. The van der Waals surface area contributed by atoms with Crippen LogP contribution in [0.2, 0.25) is 0 Å². The normalized spacial score (nSPS) is 19.5. The lowest BCUT2D eigenvalue weighted by atomic mass is 9.78. The molecule has 1 fully saturated rings. The first-order valence-corrected chi connectivity index (χ1v) is 9.85. The van der Waals surface area contributed by atoms with Crippen LogP contribution in [0.3, 0.4) is 0 Å². The minimum atomic E-state index is 0.524. The van der Waals surface area contributed by atoms with Crippen molar-refractivity contribution < 1.29 is 4.74 Å². The molecule has 1 heterocycles. The molecule has 3 nitrogen and oxygen atoms in total. The second kappa shape index (κ2) is 9.38. The van der Waals surface area contributed by atoms with E-state index >= 15 is 0 Å². The Morgan fingerprint density at radius 2 is 1.65 bits per heavy atom. The topological polar surface area (TPSA) is 35.0 Å². The Labute approximate surface area is 157 Å². The van der Waals surface area contributed by atoms with Gasteiger partial charge in [0.05, 0.1) is 19.0 Å². The van der Waals surface area contributed by atoms with Gasteiger partial charge in [-0.2, -0.15) is 0 Å². The third-order valence-corrected chi connectivity index (χ3v) is 5.23. The summed E-state index contributed by atoms with van der Waals surface area (Å²) >= 11 is 0. The van der Waals surface area contributed by atoms with Gasteiger partial charge in [-0.1, -0.05) is 38.3 Å². The summed E-state index contributed by atoms with van der Waals surface area (Å²) in [6.07, 6.45) is 11.1. The van der Waals surface area contributed by atoms with Crippen molar-refractivity contribution in [3.63, 3.8) is 0 Å². The maximum Gasteiger partial charge on any atom is 0.205 e. The van der Waals surface area contributed by atoms with E-state index in [0.29, 0.717) is 18.2 Å². The third-order valence-electron chi connectivity index (χ3n) is 5.23. The van der Waals surface area contributed by atoms with E-state index in [0.717, 1.165) is 23.8 Å². The fourth-order valence-electron chi connectivity index (χ4n) is 3.55. The molecule has 0 spiro atoms. The van der Waals surface area contributed by atoms with E-state index in [4.69, 9.17) is 4.74 Å². The van der Waals surface area contributed by atoms with Crippen molar-refractivity contribution in [2.75, 3.05) is 6.61 Å². The lowest BCUT2D eigenvalue weighted by molar-refractivity contribution is 0.314. The van der Waals surface area contributed by atoms with Gasteiger partial charge in [-0.25, -0.2) is 9.97 Å². The Morgan fingerprint density at radius 1 is 0.962 bits per heavy atom. The van der Waals surface area contributed by atoms with Crippen molar-refractivity contribution in [2.24, 2.45) is 5.92 Å². The minimum absolute atomic E-state index is 0.524. The molecule has 0 amide bonds. The average Bonchev–Trinajstić information content (AvgIpc) is 2.72. The Morgan fingerprint density at radius 3 is 2.27 bits per heavy atom. The molecule has 136 valence electrons. The molecule has 0 N–H and O–H groups in total. The molecular weight excluding hydrogens is 320 g/mol. The standard InChI is InChI=1S/C23H28N2O/c1-3-15-26-22-16-24-23(25-17-22)14-9-19-7-12-21(13-8-19)20-10-5-18(4-2)6-11-20/h7-8,12-13,16-18,20H,3-6,10-11,15H2,1-2H3/t18-,20-. The predicted molar refractivity (Wildman–Crippen MR) is 105 cm³/mol. The first kappa shape index (κ1) is 18.5. The van der Waals surface area contributed by atoms with E-state index in [1.165, 1.54) is 37.7 Å². The number of hydrogen-bond acceptors (Lipinski definition) is 3. The first-order valence-electron chi connectivity index (χ1n) is 9.85. The highest BCUT2D eigenvalue weighted by Gasteiger charge is 2.20. The summed E-state index contributed by atoms with van der Waals surface area (Å²) in [4.78, 5) is 8.49. The van der Waals surface area contributed by atoms with Gasteiger partial charge in [0, 0.05) is 5.56 Å². The van der Waals surface area contributed by atoms with Crippen LogP contribution in [0.1, 0.15) is 75.2 Å². The van der Waals surface area contributed by atoms with Gasteiger partial charge in [-0.3, -0.25) is 0 Å². The molecular formula is C23H28N2O. The van der Waals surface area contributed by atoms with Gasteiger partial charge in [-0.05, 0) is 67.6 Å². The first-order chi connectivity index (χ1) is 12.8. The number of hydrogen-bond donors (Lipinski definition) is 0. The lowest BCUT2D eigenvalue weighted by Crippen LogP contribution is -2.12. The highest BCUT2D eigenvalue weighted by Crippen LogP contribution is 2.36. The molecule has 1 saturated carbocycles. The van der Waals surface area contributed by atoms with E-state index in [-0.39, 0.29) is 0 Å². The number of benzene rings is 1. The molecule has 3 rings (SSSR count). The van der Waals surface area contributed by atoms with Crippen LogP contribution < -0.4 is 4.74 Å². The van der Waals surface area contributed by atoms with Gasteiger partial charge in [-0.15, -0.1) is 0 Å². The van der Waals surface area contributed by atoms with Crippen molar-refractivity contribution in [1.29, 1.82) is 0 Å². The monoisotopic (exact) mass is 348 g/mol. The zero-order valence-corrected chi connectivity index (χ0v) is 15.9. The molecule has 1 aliphatic carbocycles. The van der Waals surface area contributed by atoms with Crippen molar-refractivity contribution in [2.45, 2.75) is 58.3 Å². The Bertz CT molecular complexity index is 733. The summed E-state index contributed by atoms with van der Waals surface area (Å²) in [6, 6.07) is 8.72. The van der Waals surface area contributed by atoms with E-state index in [2.05, 4.69) is 59.9 Å². The van der Waals surface area contributed by atoms with Crippen LogP contribution in [0.15, 0.2) is 36.7 Å².